The second-order valence-electron chi connectivity index (χ2n) is 6.00. The van der Waals surface area contributed by atoms with Crippen LogP contribution in [0.1, 0.15) is 18.3 Å². The second kappa shape index (κ2) is 7.11. The molecule has 1 atom stereocenters. The molecule has 0 unspecified atom stereocenters. The second-order valence-corrected chi connectivity index (χ2v) is 6.00. The summed E-state index contributed by atoms with van der Waals surface area (Å²) in [5.74, 6) is -1.33. The van der Waals surface area contributed by atoms with Crippen LogP contribution in [0.2, 0.25) is 0 Å². The number of imidazole rings is 1. The zero-order valence-electron chi connectivity index (χ0n) is 14.3. The molecule has 0 saturated carbocycles. The highest BCUT2D eigenvalue weighted by Crippen LogP contribution is 2.25. The molecule has 3 rings (SSSR count). The largest absolute Gasteiger partial charge is 0.453 e. The Morgan fingerprint density at radius 3 is 2.85 bits per heavy atom. The van der Waals surface area contributed by atoms with Gasteiger partial charge in [0.2, 0.25) is 5.91 Å². The molecule has 7 nitrogen and oxygen atoms in total. The molecule has 1 aromatic carbocycles. The van der Waals surface area contributed by atoms with Crippen LogP contribution in [0.4, 0.5) is 13.6 Å². The van der Waals surface area contributed by atoms with E-state index in [1.165, 1.54) is 13.2 Å². The van der Waals surface area contributed by atoms with Crippen LogP contribution in [0.3, 0.4) is 0 Å². The number of H-pyrrole nitrogens is 1. The predicted molar refractivity (Wildman–Crippen MR) is 88.1 cm³/mol. The Bertz CT molecular complexity index is 853. The third kappa shape index (κ3) is 3.51. The number of halogens is 2. The molecule has 0 radical (unpaired) electrons. The summed E-state index contributed by atoms with van der Waals surface area (Å²) in [6, 6.07) is 2.55. The van der Waals surface area contributed by atoms with Gasteiger partial charge in [0.15, 0.2) is 0 Å². The Kier molecular flexibility index (Phi) is 4.88. The predicted octanol–water partition coefficient (Wildman–Crippen LogP) is 1.98. The van der Waals surface area contributed by atoms with Crippen molar-refractivity contribution >= 4 is 12.0 Å². The summed E-state index contributed by atoms with van der Waals surface area (Å²) in [6.07, 6.45) is -0.190. The lowest BCUT2D eigenvalue weighted by atomic mass is 10.1. The summed E-state index contributed by atoms with van der Waals surface area (Å²) < 4.78 is 31.5. The lowest BCUT2D eigenvalue weighted by Gasteiger charge is -2.28. The molecule has 1 aliphatic rings. The van der Waals surface area contributed by atoms with Gasteiger partial charge in [-0.15, -0.1) is 0 Å². The molecular weight excluding hydrogens is 346 g/mol. The van der Waals surface area contributed by atoms with Crippen molar-refractivity contribution in [2.24, 2.45) is 0 Å². The van der Waals surface area contributed by atoms with Crippen molar-refractivity contribution in [1.29, 1.82) is 0 Å². The van der Waals surface area contributed by atoms with E-state index in [1.807, 2.05) is 0 Å². The number of carbonyl (C=O) groups excluding carboxylic acids is 2. The fraction of sp³-hybridized carbons (Fsp3) is 0.353. The molecule has 2 amide bonds. The Balaban J connectivity index is 1.76. The first-order valence-corrected chi connectivity index (χ1v) is 8.05. The maximum Gasteiger partial charge on any atom is 0.407 e. The van der Waals surface area contributed by atoms with Crippen LogP contribution in [-0.2, 0) is 22.5 Å². The highest BCUT2D eigenvalue weighted by Gasteiger charge is 2.28. The van der Waals surface area contributed by atoms with Gasteiger partial charge in [0.05, 0.1) is 30.6 Å². The Morgan fingerprint density at radius 1 is 1.38 bits per heavy atom. The number of nitrogens with zero attached hydrogens (tertiary/aromatic N) is 2. The van der Waals surface area contributed by atoms with Crippen molar-refractivity contribution in [2.45, 2.75) is 25.9 Å². The number of aromatic amines is 1. The van der Waals surface area contributed by atoms with Gasteiger partial charge < -0.3 is 19.9 Å². The monoisotopic (exact) mass is 364 g/mol. The molecule has 0 spiro atoms. The van der Waals surface area contributed by atoms with Gasteiger partial charge in [-0.05, 0) is 19.1 Å². The van der Waals surface area contributed by atoms with Crippen LogP contribution in [0.15, 0.2) is 18.2 Å². The van der Waals surface area contributed by atoms with E-state index in [4.69, 9.17) is 0 Å². The van der Waals surface area contributed by atoms with Crippen molar-refractivity contribution in [3.63, 3.8) is 0 Å². The molecule has 1 aromatic heterocycles. The fourth-order valence-corrected chi connectivity index (χ4v) is 2.86. The molecular formula is C17H18F2N4O3. The van der Waals surface area contributed by atoms with Gasteiger partial charge >= 0.3 is 6.09 Å². The minimum Gasteiger partial charge on any atom is -0.453 e. The summed E-state index contributed by atoms with van der Waals surface area (Å²) in [5.41, 5.74) is 1.59. The molecule has 2 heterocycles. The highest BCUT2D eigenvalue weighted by molar-refractivity contribution is 5.85. The summed E-state index contributed by atoms with van der Waals surface area (Å²) in [4.78, 5) is 32.6. The number of aromatic nitrogens is 2. The van der Waals surface area contributed by atoms with Gasteiger partial charge in [0.1, 0.15) is 23.5 Å². The number of hydrogen-bond acceptors (Lipinski definition) is 4. The lowest BCUT2D eigenvalue weighted by molar-refractivity contribution is -0.133. The lowest BCUT2D eigenvalue weighted by Crippen LogP contribution is -2.48. The first-order chi connectivity index (χ1) is 12.4. The Hall–Kier alpha value is -2.97. The van der Waals surface area contributed by atoms with E-state index in [1.54, 1.807) is 11.8 Å². The van der Waals surface area contributed by atoms with E-state index < -0.39 is 23.8 Å². The number of ether oxygens (including phenoxy) is 1. The smallest absolute Gasteiger partial charge is 0.407 e. The molecule has 2 N–H and O–H groups in total. The molecule has 2 aromatic rings. The molecule has 0 fully saturated rings. The van der Waals surface area contributed by atoms with Crippen LogP contribution < -0.4 is 5.32 Å². The summed E-state index contributed by atoms with van der Waals surface area (Å²) in [5, 5.41) is 2.43. The fourth-order valence-electron chi connectivity index (χ4n) is 2.86. The van der Waals surface area contributed by atoms with Crippen molar-refractivity contribution in [1.82, 2.24) is 20.2 Å². The van der Waals surface area contributed by atoms with E-state index in [-0.39, 0.29) is 18.0 Å². The van der Waals surface area contributed by atoms with Crippen molar-refractivity contribution in [3.8, 4) is 11.4 Å². The van der Waals surface area contributed by atoms with E-state index in [9.17, 15) is 18.4 Å². The van der Waals surface area contributed by atoms with Crippen LogP contribution >= 0.6 is 0 Å². The van der Waals surface area contributed by atoms with Crippen LogP contribution in [0.25, 0.3) is 11.4 Å². The first-order valence-electron chi connectivity index (χ1n) is 8.05. The average Bonchev–Trinajstić information content (AvgIpc) is 3.03. The van der Waals surface area contributed by atoms with Crippen LogP contribution in [-0.4, -0.2) is 46.6 Å². The molecule has 9 heteroatoms. The Labute approximate surface area is 148 Å². The minimum absolute atomic E-state index is 0.166. The van der Waals surface area contributed by atoms with Crippen LogP contribution in [0.5, 0.6) is 0 Å². The average molecular weight is 364 g/mol. The summed E-state index contributed by atoms with van der Waals surface area (Å²) in [7, 11) is 1.22. The number of alkyl carbamates (subject to hydrolysis) is 1. The zero-order valence-corrected chi connectivity index (χ0v) is 14.3. The minimum atomic E-state index is -0.735. The number of hydrogen-bond donors (Lipinski definition) is 2. The maximum absolute atomic E-state index is 13.9. The van der Waals surface area contributed by atoms with Gasteiger partial charge in [-0.2, -0.15) is 0 Å². The van der Waals surface area contributed by atoms with E-state index in [0.29, 0.717) is 24.5 Å². The van der Waals surface area contributed by atoms with Gasteiger partial charge in [0.25, 0.3) is 0 Å². The maximum atomic E-state index is 13.9. The van der Waals surface area contributed by atoms with Crippen LogP contribution in [0, 0.1) is 11.6 Å². The zero-order chi connectivity index (χ0) is 18.8. The molecule has 0 saturated heterocycles. The Morgan fingerprint density at radius 2 is 2.15 bits per heavy atom. The SMILES string of the molecule is COC(=O)N[C@H](C)C(=O)N1CCc2nc(-c3ccc(F)cc3F)[nH]c2C1. The third-order valence-electron chi connectivity index (χ3n) is 4.22. The van der Waals surface area contributed by atoms with E-state index >= 15 is 0 Å². The topological polar surface area (TPSA) is 87.3 Å². The highest BCUT2D eigenvalue weighted by atomic mass is 19.1. The van der Waals surface area contributed by atoms with E-state index in [2.05, 4.69) is 20.0 Å². The molecule has 138 valence electrons. The summed E-state index contributed by atoms with van der Waals surface area (Å²) in [6.45, 7) is 2.26. The normalized spacial score (nSPS) is 14.5. The first kappa shape index (κ1) is 17.8. The third-order valence-corrected chi connectivity index (χ3v) is 4.22. The van der Waals surface area contributed by atoms with E-state index in [0.717, 1.165) is 17.8 Å². The standard InChI is InChI=1S/C17H18F2N4O3/c1-9(20-17(25)26-2)16(24)23-6-5-13-14(8-23)22-15(21-13)11-4-3-10(18)7-12(11)19/h3-4,7,9H,5-6,8H2,1-2H3,(H,20,25)(H,21,22)/t9-/m1/s1. The number of benzene rings is 1. The molecule has 1 aliphatic heterocycles. The molecule has 26 heavy (non-hydrogen) atoms. The number of rotatable bonds is 3. The summed E-state index contributed by atoms with van der Waals surface area (Å²) >= 11 is 0. The van der Waals surface area contributed by atoms with Gasteiger partial charge in [0, 0.05) is 19.0 Å². The molecule has 0 bridgehead atoms. The van der Waals surface area contributed by atoms with Gasteiger partial charge in [-0.3, -0.25) is 4.79 Å². The van der Waals surface area contributed by atoms with Gasteiger partial charge in [-0.25, -0.2) is 18.6 Å². The molecule has 0 aliphatic carbocycles. The quantitative estimate of drug-likeness (QED) is 0.872. The number of fused-ring (bicyclic) bond motifs is 1. The number of amides is 2. The number of carbonyl (C=O) groups is 2. The van der Waals surface area contributed by atoms with Crippen molar-refractivity contribution in [3.05, 3.63) is 41.2 Å². The van der Waals surface area contributed by atoms with Crippen molar-refractivity contribution < 1.29 is 23.1 Å². The number of nitrogens with one attached hydrogen (secondary N) is 2. The number of methoxy groups -OCH3 is 1. The van der Waals surface area contributed by atoms with Gasteiger partial charge in [-0.1, -0.05) is 0 Å². The van der Waals surface area contributed by atoms with Crippen molar-refractivity contribution in [2.75, 3.05) is 13.7 Å².